The van der Waals surface area contributed by atoms with Gasteiger partial charge in [0.25, 0.3) is 0 Å². The van der Waals surface area contributed by atoms with Crippen LogP contribution in [-0.4, -0.2) is 22.2 Å². The average molecular weight is 319 g/mol. The number of halogens is 2. The van der Waals surface area contributed by atoms with Gasteiger partial charge in [-0.25, -0.2) is 10.8 Å². The van der Waals surface area contributed by atoms with Crippen molar-refractivity contribution in [3.63, 3.8) is 0 Å². The average Bonchev–Trinajstić information content (AvgIpc) is 2.44. The lowest BCUT2D eigenvalue weighted by atomic mass is 9.77. The predicted octanol–water partition coefficient (Wildman–Crippen LogP) is 3.03. The van der Waals surface area contributed by atoms with Crippen LogP contribution in [0.5, 0.6) is 0 Å². The highest BCUT2D eigenvalue weighted by atomic mass is 35.5. The van der Waals surface area contributed by atoms with Crippen LogP contribution < -0.4 is 16.6 Å². The second-order valence-corrected chi connectivity index (χ2v) is 6.35. The number of aliphatic hydroxyl groups is 1. The normalized spacial score (nSPS) is 26.4. The van der Waals surface area contributed by atoms with Gasteiger partial charge >= 0.3 is 0 Å². The zero-order valence-corrected chi connectivity index (χ0v) is 12.9. The number of nitrogens with zero attached hydrogens (tertiary/aromatic N) is 1. The lowest BCUT2D eigenvalue weighted by Crippen LogP contribution is -2.45. The van der Waals surface area contributed by atoms with Crippen LogP contribution in [0.15, 0.2) is 6.07 Å². The summed E-state index contributed by atoms with van der Waals surface area (Å²) in [7, 11) is 0. The number of nitrogens with one attached hydrogen (secondary N) is 2. The van der Waals surface area contributed by atoms with Crippen molar-refractivity contribution < 1.29 is 5.11 Å². The summed E-state index contributed by atoms with van der Waals surface area (Å²) in [5, 5.41) is 13.8. The maximum absolute atomic E-state index is 9.76. The van der Waals surface area contributed by atoms with Crippen LogP contribution in [0, 0.1) is 5.92 Å². The van der Waals surface area contributed by atoms with Gasteiger partial charge in [-0.15, -0.1) is 0 Å². The van der Waals surface area contributed by atoms with E-state index in [1.165, 1.54) is 0 Å². The zero-order chi connectivity index (χ0) is 14.8. The Morgan fingerprint density at radius 2 is 1.95 bits per heavy atom. The molecule has 7 heteroatoms. The number of rotatable bonds is 4. The molecule has 0 atom stereocenters. The number of hydrogen-bond acceptors (Lipinski definition) is 5. The second-order valence-electron chi connectivity index (χ2n) is 5.54. The molecule has 0 unspecified atom stereocenters. The SMILES string of the molecule is CC1CCC(CO)(Nc2nc(NN)c(Cl)cc2Cl)CC1. The summed E-state index contributed by atoms with van der Waals surface area (Å²) in [5.74, 6) is 6.91. The van der Waals surface area contributed by atoms with Gasteiger partial charge in [-0.05, 0) is 37.7 Å². The smallest absolute Gasteiger partial charge is 0.161 e. The van der Waals surface area contributed by atoms with E-state index in [4.69, 9.17) is 29.0 Å². The van der Waals surface area contributed by atoms with E-state index in [0.717, 1.165) is 25.7 Å². The van der Waals surface area contributed by atoms with E-state index in [0.29, 0.717) is 27.6 Å². The number of nitrogens with two attached hydrogens (primary N) is 1. The minimum Gasteiger partial charge on any atom is -0.394 e. The summed E-state index contributed by atoms with van der Waals surface area (Å²) < 4.78 is 0. The molecule has 1 saturated carbocycles. The van der Waals surface area contributed by atoms with Crippen molar-refractivity contribution in [2.24, 2.45) is 11.8 Å². The standard InChI is InChI=1S/C13H20Cl2N4O/c1-8-2-4-13(7-20,5-3-8)18-11-9(14)6-10(15)12(17-11)19-16/h6,8,20H,2-5,7,16H2,1H3,(H2,17,18,19). The van der Waals surface area contributed by atoms with Gasteiger partial charge < -0.3 is 15.8 Å². The molecule has 0 saturated heterocycles. The third-order valence-electron chi connectivity index (χ3n) is 3.98. The van der Waals surface area contributed by atoms with Gasteiger partial charge in [-0.3, -0.25) is 0 Å². The molecule has 1 aromatic heterocycles. The highest BCUT2D eigenvalue weighted by Crippen LogP contribution is 2.37. The van der Waals surface area contributed by atoms with Crippen molar-refractivity contribution in [2.45, 2.75) is 38.1 Å². The predicted molar refractivity (Wildman–Crippen MR) is 83.1 cm³/mol. The van der Waals surface area contributed by atoms with E-state index in [1.54, 1.807) is 6.07 Å². The van der Waals surface area contributed by atoms with Gasteiger partial charge in [-0.2, -0.15) is 0 Å². The third-order valence-corrected chi connectivity index (χ3v) is 4.56. The molecule has 0 aliphatic heterocycles. The minimum absolute atomic E-state index is 0.0474. The van der Waals surface area contributed by atoms with Crippen molar-refractivity contribution in [1.29, 1.82) is 0 Å². The Bertz CT molecular complexity index is 476. The fraction of sp³-hybridized carbons (Fsp3) is 0.615. The Morgan fingerprint density at radius 1 is 1.35 bits per heavy atom. The summed E-state index contributed by atoms with van der Waals surface area (Å²) in [6.07, 6.45) is 3.91. The maximum atomic E-state index is 9.76. The monoisotopic (exact) mass is 318 g/mol. The number of hydrazine groups is 1. The molecule has 0 radical (unpaired) electrons. The van der Waals surface area contributed by atoms with Gasteiger partial charge in [0.2, 0.25) is 0 Å². The van der Waals surface area contributed by atoms with Crippen LogP contribution in [-0.2, 0) is 0 Å². The van der Waals surface area contributed by atoms with Gasteiger partial charge in [0.1, 0.15) is 5.82 Å². The second kappa shape index (κ2) is 6.35. The van der Waals surface area contributed by atoms with Crippen LogP contribution in [0.3, 0.4) is 0 Å². The number of aliphatic hydroxyl groups excluding tert-OH is 1. The number of aromatic nitrogens is 1. The Labute approximate surface area is 128 Å². The molecule has 1 aliphatic rings. The van der Waals surface area contributed by atoms with Crippen molar-refractivity contribution in [3.8, 4) is 0 Å². The largest absolute Gasteiger partial charge is 0.394 e. The first kappa shape index (κ1) is 15.6. The fourth-order valence-electron chi connectivity index (χ4n) is 2.54. The molecule has 5 N–H and O–H groups in total. The Kier molecular flexibility index (Phi) is 4.96. The number of anilines is 2. The summed E-state index contributed by atoms with van der Waals surface area (Å²) >= 11 is 12.1. The van der Waals surface area contributed by atoms with Crippen LogP contribution in [0.1, 0.15) is 32.6 Å². The lowest BCUT2D eigenvalue weighted by molar-refractivity contribution is 0.155. The molecule has 0 amide bonds. The van der Waals surface area contributed by atoms with Crippen molar-refractivity contribution >= 4 is 34.8 Å². The molecule has 20 heavy (non-hydrogen) atoms. The van der Waals surface area contributed by atoms with Crippen LogP contribution >= 0.6 is 23.2 Å². The molecular weight excluding hydrogens is 299 g/mol. The summed E-state index contributed by atoms with van der Waals surface area (Å²) in [5.41, 5.74) is 2.06. The van der Waals surface area contributed by atoms with Crippen LogP contribution in [0.2, 0.25) is 10.0 Å². The fourth-order valence-corrected chi connectivity index (χ4v) is 3.00. The molecule has 112 valence electrons. The van der Waals surface area contributed by atoms with E-state index < -0.39 is 0 Å². The first-order valence-electron chi connectivity index (χ1n) is 6.71. The summed E-state index contributed by atoms with van der Waals surface area (Å²) in [6.45, 7) is 2.27. The lowest BCUT2D eigenvalue weighted by Gasteiger charge is -2.39. The topological polar surface area (TPSA) is 83.2 Å². The molecule has 0 aromatic carbocycles. The highest BCUT2D eigenvalue weighted by Gasteiger charge is 2.34. The van der Waals surface area contributed by atoms with Crippen LogP contribution in [0.25, 0.3) is 0 Å². The van der Waals surface area contributed by atoms with Gasteiger partial charge in [0.15, 0.2) is 5.82 Å². The third kappa shape index (κ3) is 3.28. The van der Waals surface area contributed by atoms with E-state index in [9.17, 15) is 5.11 Å². The molecule has 0 bridgehead atoms. The molecular formula is C13H20Cl2N4O. The highest BCUT2D eigenvalue weighted by molar-refractivity contribution is 6.37. The van der Waals surface area contributed by atoms with E-state index in [2.05, 4.69) is 22.7 Å². The molecule has 0 spiro atoms. The quantitative estimate of drug-likeness (QED) is 0.506. The molecule has 1 aliphatic carbocycles. The first-order valence-corrected chi connectivity index (χ1v) is 7.47. The van der Waals surface area contributed by atoms with E-state index in [-0.39, 0.29) is 12.1 Å². The molecule has 1 aromatic rings. The van der Waals surface area contributed by atoms with Crippen molar-refractivity contribution in [1.82, 2.24) is 4.98 Å². The molecule has 5 nitrogen and oxygen atoms in total. The molecule has 1 heterocycles. The zero-order valence-electron chi connectivity index (χ0n) is 11.4. The Hall–Kier alpha value is -0.750. The molecule has 1 fully saturated rings. The van der Waals surface area contributed by atoms with Gasteiger partial charge in [0.05, 0.1) is 22.2 Å². The number of hydrogen-bond donors (Lipinski definition) is 4. The molecule has 2 rings (SSSR count). The van der Waals surface area contributed by atoms with Gasteiger partial charge in [0, 0.05) is 0 Å². The van der Waals surface area contributed by atoms with Crippen molar-refractivity contribution in [3.05, 3.63) is 16.1 Å². The minimum atomic E-state index is -0.372. The van der Waals surface area contributed by atoms with E-state index in [1.807, 2.05) is 0 Å². The number of pyridine rings is 1. The number of nitrogen functional groups attached to an aromatic ring is 1. The Balaban J connectivity index is 2.23. The van der Waals surface area contributed by atoms with E-state index >= 15 is 0 Å². The first-order chi connectivity index (χ1) is 9.49. The van der Waals surface area contributed by atoms with Crippen molar-refractivity contribution in [2.75, 3.05) is 17.3 Å². The van der Waals surface area contributed by atoms with Crippen LogP contribution in [0.4, 0.5) is 11.6 Å². The summed E-state index contributed by atoms with van der Waals surface area (Å²) in [4.78, 5) is 4.27. The summed E-state index contributed by atoms with van der Waals surface area (Å²) in [6, 6.07) is 1.59. The van der Waals surface area contributed by atoms with Gasteiger partial charge in [-0.1, -0.05) is 30.1 Å². The maximum Gasteiger partial charge on any atom is 0.161 e. The Morgan fingerprint density at radius 3 is 2.50 bits per heavy atom.